The molecule has 35 heavy (non-hydrogen) atoms. The van der Waals surface area contributed by atoms with Crippen molar-refractivity contribution in [3.8, 4) is 23.2 Å². The molecule has 1 atom stereocenters. The van der Waals surface area contributed by atoms with E-state index >= 15 is 0 Å². The molecule has 1 saturated heterocycles. The number of anilines is 1. The Bertz CT molecular complexity index is 1300. The summed E-state index contributed by atoms with van der Waals surface area (Å²) >= 11 is 0. The van der Waals surface area contributed by atoms with Gasteiger partial charge in [0.1, 0.15) is 11.9 Å². The lowest BCUT2D eigenvalue weighted by Gasteiger charge is -2.36. The number of carbonyl (C=O) groups excluding carboxylic acids is 1. The standard InChI is InChI=1S/C23H22FN5O5S/c24-20-6-9-21(10-7-20)27-11-13-28(14-12-27)35(32,33)15-22(29(31)17-30)8-3-18-1-4-19(5-2-18)23-25-16-34-26-23/h1-2,4-7,9-10,16-17,22,31H,11-15H2. The molecule has 0 saturated carbocycles. The highest BCUT2D eigenvalue weighted by molar-refractivity contribution is 7.89. The van der Waals surface area contributed by atoms with E-state index in [0.717, 1.165) is 5.69 Å². The fourth-order valence-electron chi connectivity index (χ4n) is 3.61. The lowest BCUT2D eigenvalue weighted by atomic mass is 10.1. The maximum Gasteiger partial charge on any atom is 0.234 e. The summed E-state index contributed by atoms with van der Waals surface area (Å²) in [4.78, 5) is 17.1. The second-order valence-electron chi connectivity index (χ2n) is 7.74. The van der Waals surface area contributed by atoms with Crippen molar-refractivity contribution < 1.29 is 27.3 Å². The van der Waals surface area contributed by atoms with Gasteiger partial charge in [-0.1, -0.05) is 17.0 Å². The molecule has 0 bridgehead atoms. The van der Waals surface area contributed by atoms with Crippen molar-refractivity contribution in [2.75, 3.05) is 36.8 Å². The van der Waals surface area contributed by atoms with Crippen molar-refractivity contribution in [2.24, 2.45) is 0 Å². The first kappa shape index (κ1) is 24.3. The van der Waals surface area contributed by atoms with Crippen LogP contribution < -0.4 is 4.90 Å². The summed E-state index contributed by atoms with van der Waals surface area (Å²) in [6.45, 7) is 1.27. The van der Waals surface area contributed by atoms with Gasteiger partial charge in [0.05, 0.1) is 5.75 Å². The molecule has 0 aliphatic carbocycles. The number of amides is 1. The number of aromatic nitrogens is 2. The molecule has 1 N–H and O–H groups in total. The predicted molar refractivity (Wildman–Crippen MR) is 124 cm³/mol. The highest BCUT2D eigenvalue weighted by atomic mass is 32.2. The lowest BCUT2D eigenvalue weighted by molar-refractivity contribution is -0.153. The fourth-order valence-corrected chi connectivity index (χ4v) is 5.17. The van der Waals surface area contributed by atoms with Gasteiger partial charge < -0.3 is 9.42 Å². The Balaban J connectivity index is 1.42. The van der Waals surface area contributed by atoms with Gasteiger partial charge in [-0.05, 0) is 48.5 Å². The van der Waals surface area contributed by atoms with Gasteiger partial charge in [0.2, 0.25) is 28.7 Å². The molecule has 2 heterocycles. The summed E-state index contributed by atoms with van der Waals surface area (Å²) in [6.07, 6.45) is 1.34. The van der Waals surface area contributed by atoms with Crippen LogP contribution in [0.5, 0.6) is 0 Å². The molecule has 1 fully saturated rings. The third-order valence-electron chi connectivity index (χ3n) is 5.51. The number of sulfonamides is 1. The van der Waals surface area contributed by atoms with Crippen LogP contribution >= 0.6 is 0 Å². The van der Waals surface area contributed by atoms with Gasteiger partial charge in [-0.25, -0.2) is 17.9 Å². The first-order chi connectivity index (χ1) is 16.9. The Hall–Kier alpha value is -3.79. The van der Waals surface area contributed by atoms with E-state index in [9.17, 15) is 22.8 Å². The maximum atomic E-state index is 13.2. The molecule has 0 radical (unpaired) electrons. The molecule has 12 heteroatoms. The minimum atomic E-state index is -3.83. The van der Waals surface area contributed by atoms with Gasteiger partial charge in [-0.15, -0.1) is 0 Å². The van der Waals surface area contributed by atoms with Crippen molar-refractivity contribution >= 4 is 22.1 Å². The van der Waals surface area contributed by atoms with E-state index in [4.69, 9.17) is 4.52 Å². The summed E-state index contributed by atoms with van der Waals surface area (Å²) < 4.78 is 45.2. The number of hydroxylamine groups is 2. The van der Waals surface area contributed by atoms with Crippen molar-refractivity contribution in [2.45, 2.75) is 6.04 Å². The largest absolute Gasteiger partial charge is 0.369 e. The molecule has 3 aromatic rings. The topological polar surface area (TPSA) is 120 Å². The zero-order valence-electron chi connectivity index (χ0n) is 18.5. The molecule has 0 spiro atoms. The minimum absolute atomic E-state index is 0.126. The van der Waals surface area contributed by atoms with Crippen LogP contribution in [0, 0.1) is 17.7 Å². The minimum Gasteiger partial charge on any atom is -0.369 e. The highest BCUT2D eigenvalue weighted by Crippen LogP contribution is 2.19. The Morgan fingerprint density at radius 3 is 2.40 bits per heavy atom. The van der Waals surface area contributed by atoms with Crippen LogP contribution in [-0.2, 0) is 14.8 Å². The van der Waals surface area contributed by atoms with E-state index in [1.807, 2.05) is 4.90 Å². The van der Waals surface area contributed by atoms with E-state index in [1.54, 1.807) is 36.4 Å². The molecule has 2 aromatic carbocycles. The number of hydrogen-bond acceptors (Lipinski definition) is 8. The molecule has 1 aromatic heterocycles. The number of hydrogen-bond donors (Lipinski definition) is 1. The van der Waals surface area contributed by atoms with E-state index < -0.39 is 21.8 Å². The number of carbonyl (C=O) groups is 1. The van der Waals surface area contributed by atoms with Crippen LogP contribution in [0.1, 0.15) is 5.56 Å². The molecule has 1 amide bonds. The SMILES string of the molecule is O=CN(O)C(C#Cc1ccc(-c2ncon2)cc1)CS(=O)(=O)N1CCN(c2ccc(F)cc2)CC1. The summed E-state index contributed by atoms with van der Waals surface area (Å²) in [6, 6.07) is 11.6. The zero-order chi connectivity index (χ0) is 24.8. The van der Waals surface area contributed by atoms with Crippen LogP contribution in [0.25, 0.3) is 11.4 Å². The first-order valence-electron chi connectivity index (χ1n) is 10.6. The molecule has 182 valence electrons. The van der Waals surface area contributed by atoms with Gasteiger partial charge in [0.25, 0.3) is 0 Å². The second-order valence-corrected chi connectivity index (χ2v) is 9.76. The van der Waals surface area contributed by atoms with Crippen LogP contribution in [0.15, 0.2) is 59.4 Å². The average molecular weight is 500 g/mol. The van der Waals surface area contributed by atoms with E-state index in [1.165, 1.54) is 22.8 Å². The van der Waals surface area contributed by atoms with Gasteiger partial charge >= 0.3 is 0 Å². The third kappa shape index (κ3) is 6.02. The smallest absolute Gasteiger partial charge is 0.234 e. The van der Waals surface area contributed by atoms with Crippen LogP contribution in [0.2, 0.25) is 0 Å². The second kappa shape index (κ2) is 10.6. The Morgan fingerprint density at radius 2 is 1.80 bits per heavy atom. The lowest BCUT2D eigenvalue weighted by Crippen LogP contribution is -2.51. The average Bonchev–Trinajstić information content (AvgIpc) is 3.42. The highest BCUT2D eigenvalue weighted by Gasteiger charge is 2.31. The molecule has 1 unspecified atom stereocenters. The van der Waals surface area contributed by atoms with Crippen molar-refractivity contribution in [1.29, 1.82) is 0 Å². The Labute approximate surface area is 201 Å². The van der Waals surface area contributed by atoms with Crippen molar-refractivity contribution in [3.05, 3.63) is 66.3 Å². The number of nitrogens with zero attached hydrogens (tertiary/aromatic N) is 5. The molecule has 1 aliphatic rings. The van der Waals surface area contributed by atoms with Crippen molar-refractivity contribution in [1.82, 2.24) is 19.5 Å². The Morgan fingerprint density at radius 1 is 1.11 bits per heavy atom. The van der Waals surface area contributed by atoms with E-state index in [0.29, 0.717) is 30.0 Å². The van der Waals surface area contributed by atoms with Crippen LogP contribution in [-0.4, -0.2) is 77.5 Å². The first-order valence-corrected chi connectivity index (χ1v) is 12.3. The summed E-state index contributed by atoms with van der Waals surface area (Å²) in [5, 5.41) is 14.0. The molecule has 4 rings (SSSR count). The summed E-state index contributed by atoms with van der Waals surface area (Å²) in [5.74, 6) is 4.97. The van der Waals surface area contributed by atoms with E-state index in [2.05, 4.69) is 22.0 Å². The quantitative estimate of drug-likeness (QED) is 0.225. The maximum absolute atomic E-state index is 13.2. The van der Waals surface area contributed by atoms with Gasteiger partial charge in [0, 0.05) is 43.0 Å². The van der Waals surface area contributed by atoms with Gasteiger partial charge in [-0.3, -0.25) is 10.0 Å². The number of halogens is 1. The summed E-state index contributed by atoms with van der Waals surface area (Å²) in [5.41, 5.74) is 2.06. The Kier molecular flexibility index (Phi) is 7.40. The van der Waals surface area contributed by atoms with Gasteiger partial charge in [0.15, 0.2) is 0 Å². The molecule has 1 aliphatic heterocycles. The molecule has 10 nitrogen and oxygen atoms in total. The fraction of sp³-hybridized carbons (Fsp3) is 0.261. The molecular weight excluding hydrogens is 477 g/mol. The van der Waals surface area contributed by atoms with Gasteiger partial charge in [-0.2, -0.15) is 9.29 Å². The monoisotopic (exact) mass is 499 g/mol. The molecular formula is C23H22FN5O5S. The summed E-state index contributed by atoms with van der Waals surface area (Å²) in [7, 11) is -3.83. The number of rotatable bonds is 7. The van der Waals surface area contributed by atoms with Crippen LogP contribution in [0.4, 0.5) is 10.1 Å². The van der Waals surface area contributed by atoms with Crippen LogP contribution in [0.3, 0.4) is 0 Å². The zero-order valence-corrected chi connectivity index (χ0v) is 19.3. The normalized spacial score (nSPS) is 15.2. The third-order valence-corrected chi connectivity index (χ3v) is 7.40. The van der Waals surface area contributed by atoms with Crippen molar-refractivity contribution in [3.63, 3.8) is 0 Å². The number of benzene rings is 2. The number of piperazine rings is 1. The predicted octanol–water partition coefficient (Wildman–Crippen LogP) is 1.60. The van der Waals surface area contributed by atoms with E-state index in [-0.39, 0.29) is 30.4 Å².